The zero-order chi connectivity index (χ0) is 22.1. The molecule has 0 unspecified atom stereocenters. The molecule has 1 N–H and O–H groups in total. The highest BCUT2D eigenvalue weighted by Crippen LogP contribution is 2.23. The Labute approximate surface area is 175 Å². The van der Waals surface area contributed by atoms with Crippen molar-refractivity contribution in [1.29, 1.82) is 0 Å². The van der Waals surface area contributed by atoms with Crippen LogP contribution in [0.15, 0.2) is 24.3 Å². The molecule has 2 amide bonds. The van der Waals surface area contributed by atoms with Crippen LogP contribution in [0.4, 0.5) is 5.69 Å². The van der Waals surface area contributed by atoms with Crippen LogP contribution in [0.5, 0.6) is 0 Å². The number of carbonyl (C=O) groups is 3. The molecule has 2 rings (SSSR count). The molecule has 1 aromatic rings. The summed E-state index contributed by atoms with van der Waals surface area (Å²) >= 11 is 0. The lowest BCUT2D eigenvalue weighted by Crippen LogP contribution is -2.46. The lowest BCUT2D eigenvalue weighted by atomic mass is 9.94. The van der Waals surface area contributed by atoms with Gasteiger partial charge in [0.2, 0.25) is 0 Å². The molecule has 0 radical (unpaired) electrons. The highest BCUT2D eigenvalue weighted by Gasteiger charge is 2.29. The first-order valence-corrected chi connectivity index (χ1v) is 10.4. The zero-order valence-corrected chi connectivity index (χ0v) is 17.5. The molecular formula is C21H29N3O6. The predicted molar refractivity (Wildman–Crippen MR) is 110 cm³/mol. The summed E-state index contributed by atoms with van der Waals surface area (Å²) < 4.78 is 5.26. The van der Waals surface area contributed by atoms with E-state index < -0.39 is 22.9 Å². The van der Waals surface area contributed by atoms with Crippen LogP contribution in [0.3, 0.4) is 0 Å². The average molecular weight is 419 g/mol. The van der Waals surface area contributed by atoms with Crippen molar-refractivity contribution in [1.82, 2.24) is 10.2 Å². The van der Waals surface area contributed by atoms with Crippen molar-refractivity contribution in [2.24, 2.45) is 0 Å². The van der Waals surface area contributed by atoms with Gasteiger partial charge in [0.05, 0.1) is 11.3 Å². The number of carbonyl (C=O) groups excluding carboxylic acids is 3. The number of hydrogen-bond donors (Lipinski definition) is 1. The minimum absolute atomic E-state index is 0.0374. The number of nitro groups is 1. The number of benzene rings is 1. The van der Waals surface area contributed by atoms with E-state index >= 15 is 0 Å². The van der Waals surface area contributed by atoms with Gasteiger partial charge in [-0.25, -0.2) is 0 Å². The van der Waals surface area contributed by atoms with Gasteiger partial charge < -0.3 is 15.0 Å². The number of rotatable bonds is 9. The topological polar surface area (TPSA) is 119 Å². The standard InChI is InChI=1S/C21H29N3O6/c1-3-23(17-7-5-4-6-8-17)21(27)15(2)30-19(25)13-14-22-20(26)16-9-11-18(12-10-16)24(28)29/h9-12,15,17H,3-8,13-14H2,1-2H3,(H,22,26)/t15-/m1/s1. The van der Waals surface area contributed by atoms with Crippen LogP contribution in [-0.2, 0) is 14.3 Å². The smallest absolute Gasteiger partial charge is 0.308 e. The summed E-state index contributed by atoms with van der Waals surface area (Å²) in [5, 5.41) is 13.2. The van der Waals surface area contributed by atoms with Crippen molar-refractivity contribution in [3.8, 4) is 0 Å². The molecule has 1 aliphatic rings. The van der Waals surface area contributed by atoms with Gasteiger partial charge in [0.1, 0.15) is 0 Å². The van der Waals surface area contributed by atoms with E-state index in [0.717, 1.165) is 25.7 Å². The van der Waals surface area contributed by atoms with E-state index in [1.165, 1.54) is 30.7 Å². The molecule has 0 saturated heterocycles. The maximum absolute atomic E-state index is 12.7. The van der Waals surface area contributed by atoms with Gasteiger partial charge in [0, 0.05) is 36.8 Å². The van der Waals surface area contributed by atoms with Crippen LogP contribution in [0, 0.1) is 10.1 Å². The maximum Gasteiger partial charge on any atom is 0.308 e. The van der Waals surface area contributed by atoms with E-state index in [9.17, 15) is 24.5 Å². The lowest BCUT2D eigenvalue weighted by molar-refractivity contribution is -0.384. The van der Waals surface area contributed by atoms with E-state index in [4.69, 9.17) is 4.74 Å². The Morgan fingerprint density at radius 2 is 1.83 bits per heavy atom. The molecule has 30 heavy (non-hydrogen) atoms. The van der Waals surface area contributed by atoms with Gasteiger partial charge in [0.25, 0.3) is 17.5 Å². The van der Waals surface area contributed by atoms with Crippen molar-refractivity contribution in [2.75, 3.05) is 13.1 Å². The first-order valence-electron chi connectivity index (χ1n) is 10.4. The molecule has 164 valence electrons. The minimum Gasteiger partial charge on any atom is -0.452 e. The molecule has 0 aliphatic heterocycles. The molecule has 1 saturated carbocycles. The molecule has 0 heterocycles. The maximum atomic E-state index is 12.7. The molecule has 0 spiro atoms. The van der Waals surface area contributed by atoms with Crippen LogP contribution in [0.2, 0.25) is 0 Å². The lowest BCUT2D eigenvalue weighted by Gasteiger charge is -2.35. The Morgan fingerprint density at radius 3 is 2.40 bits per heavy atom. The predicted octanol–water partition coefficient (Wildman–Crippen LogP) is 2.83. The van der Waals surface area contributed by atoms with E-state index in [1.807, 2.05) is 6.92 Å². The number of ether oxygens (including phenoxy) is 1. The second kappa shape index (κ2) is 11.3. The number of hydrogen-bond acceptors (Lipinski definition) is 6. The number of nitro benzene ring substituents is 1. The molecule has 9 heteroatoms. The Kier molecular flexibility index (Phi) is 8.76. The van der Waals surface area contributed by atoms with Crippen molar-refractivity contribution < 1.29 is 24.0 Å². The monoisotopic (exact) mass is 419 g/mol. The zero-order valence-electron chi connectivity index (χ0n) is 17.5. The third-order valence-corrected chi connectivity index (χ3v) is 5.25. The Hall–Kier alpha value is -2.97. The van der Waals surface area contributed by atoms with E-state index in [1.54, 1.807) is 11.8 Å². The molecule has 9 nitrogen and oxygen atoms in total. The highest BCUT2D eigenvalue weighted by molar-refractivity contribution is 5.94. The second-order valence-electron chi connectivity index (χ2n) is 7.36. The quantitative estimate of drug-likeness (QED) is 0.373. The Bertz CT molecular complexity index is 759. The van der Waals surface area contributed by atoms with Gasteiger partial charge >= 0.3 is 5.97 Å². The summed E-state index contributed by atoms with van der Waals surface area (Å²) in [5.41, 5.74) is 0.145. The molecule has 1 fully saturated rings. The summed E-state index contributed by atoms with van der Waals surface area (Å²) in [6.45, 7) is 4.11. The van der Waals surface area contributed by atoms with Crippen molar-refractivity contribution in [3.63, 3.8) is 0 Å². The SMILES string of the molecule is CCN(C(=O)[C@@H](C)OC(=O)CCNC(=O)c1ccc([N+](=O)[O-])cc1)C1CCCCC1. The van der Waals surface area contributed by atoms with Crippen LogP contribution < -0.4 is 5.32 Å². The molecule has 0 aromatic heterocycles. The summed E-state index contributed by atoms with van der Waals surface area (Å²) in [6.07, 6.45) is 4.42. The minimum atomic E-state index is -0.871. The van der Waals surface area contributed by atoms with Gasteiger partial charge in [-0.2, -0.15) is 0 Å². The van der Waals surface area contributed by atoms with Crippen molar-refractivity contribution >= 4 is 23.5 Å². The van der Waals surface area contributed by atoms with E-state index in [-0.39, 0.29) is 36.2 Å². The van der Waals surface area contributed by atoms with E-state index in [2.05, 4.69) is 5.32 Å². The van der Waals surface area contributed by atoms with E-state index in [0.29, 0.717) is 6.54 Å². The summed E-state index contributed by atoms with van der Waals surface area (Å²) in [6, 6.07) is 5.37. The number of nitrogens with zero attached hydrogens (tertiary/aromatic N) is 2. The van der Waals surface area contributed by atoms with Gasteiger partial charge in [0.15, 0.2) is 6.10 Å². The van der Waals surface area contributed by atoms with Crippen molar-refractivity contribution in [2.45, 2.75) is 64.5 Å². The van der Waals surface area contributed by atoms with Crippen LogP contribution in [-0.4, -0.2) is 52.8 Å². The average Bonchev–Trinajstić information content (AvgIpc) is 2.74. The molecule has 1 atom stereocenters. The molecule has 0 bridgehead atoms. The number of non-ortho nitro benzene ring substituents is 1. The fourth-order valence-corrected chi connectivity index (χ4v) is 3.64. The van der Waals surface area contributed by atoms with Crippen LogP contribution >= 0.6 is 0 Å². The largest absolute Gasteiger partial charge is 0.452 e. The highest BCUT2D eigenvalue weighted by atomic mass is 16.6. The first-order chi connectivity index (χ1) is 14.3. The number of nitrogens with one attached hydrogen (secondary N) is 1. The van der Waals surface area contributed by atoms with Crippen LogP contribution in [0.1, 0.15) is 62.7 Å². The van der Waals surface area contributed by atoms with Gasteiger partial charge in [-0.1, -0.05) is 19.3 Å². The second-order valence-corrected chi connectivity index (χ2v) is 7.36. The number of amides is 2. The number of likely N-dealkylation sites (N-methyl/N-ethyl adjacent to an activating group) is 1. The normalized spacial score (nSPS) is 15.1. The van der Waals surface area contributed by atoms with Gasteiger partial charge in [-0.15, -0.1) is 0 Å². The molecular weight excluding hydrogens is 390 g/mol. The fraction of sp³-hybridized carbons (Fsp3) is 0.571. The summed E-state index contributed by atoms with van der Waals surface area (Å²) in [4.78, 5) is 48.7. The Morgan fingerprint density at radius 1 is 1.20 bits per heavy atom. The molecule has 1 aliphatic carbocycles. The van der Waals surface area contributed by atoms with Gasteiger partial charge in [-0.3, -0.25) is 24.5 Å². The number of esters is 1. The van der Waals surface area contributed by atoms with Crippen molar-refractivity contribution in [3.05, 3.63) is 39.9 Å². The molecule has 1 aromatic carbocycles. The van der Waals surface area contributed by atoms with Gasteiger partial charge in [-0.05, 0) is 38.8 Å². The third-order valence-electron chi connectivity index (χ3n) is 5.25. The fourth-order valence-electron chi connectivity index (χ4n) is 3.64. The summed E-state index contributed by atoms with van der Waals surface area (Å²) in [5.74, 6) is -1.21. The third kappa shape index (κ3) is 6.53. The summed E-state index contributed by atoms with van der Waals surface area (Å²) in [7, 11) is 0. The Balaban J connectivity index is 1.76. The van der Waals surface area contributed by atoms with Crippen LogP contribution in [0.25, 0.3) is 0 Å². The first kappa shape index (κ1) is 23.3.